The molecule has 0 saturated heterocycles. The molecule has 0 aliphatic rings. The Morgan fingerprint density at radius 2 is 1.96 bits per heavy atom. The molecule has 0 atom stereocenters. The number of ether oxygens (including phenoxy) is 1. The number of halogens is 1. The smallest absolute Gasteiger partial charge is 0.313 e. The van der Waals surface area contributed by atoms with Crippen molar-refractivity contribution in [1.82, 2.24) is 9.55 Å². The molecule has 5 nitrogen and oxygen atoms in total. The summed E-state index contributed by atoms with van der Waals surface area (Å²) in [6.07, 6.45) is 1.90. The van der Waals surface area contributed by atoms with Crippen molar-refractivity contribution in [2.75, 3.05) is 0 Å². The average Bonchev–Trinajstić information content (AvgIpc) is 3.33. The molecule has 142 valence electrons. The van der Waals surface area contributed by atoms with Crippen LogP contribution in [0.1, 0.15) is 18.2 Å². The van der Waals surface area contributed by atoms with Crippen LogP contribution in [-0.4, -0.2) is 15.5 Å². The largest absolute Gasteiger partial charge is 0.460 e. The standard InChI is InChI=1S/C22H19ClN2O3/c1-2-25-14-24-19-11-15(3-9-20(19)25)13-27-22(26)12-18-8-10-21(28-18)16-4-6-17(23)7-5-16/h3-11,14H,2,12-13H2,1H3. The van der Waals surface area contributed by atoms with Crippen molar-refractivity contribution in [3.63, 3.8) is 0 Å². The van der Waals surface area contributed by atoms with E-state index in [0.717, 1.165) is 28.7 Å². The molecule has 0 spiro atoms. The fourth-order valence-corrected chi connectivity index (χ4v) is 3.18. The van der Waals surface area contributed by atoms with Gasteiger partial charge in [0.25, 0.3) is 0 Å². The molecule has 0 amide bonds. The van der Waals surface area contributed by atoms with Gasteiger partial charge in [-0.2, -0.15) is 0 Å². The molecule has 28 heavy (non-hydrogen) atoms. The molecule has 0 bridgehead atoms. The molecule has 0 unspecified atom stereocenters. The maximum atomic E-state index is 12.2. The number of imidazole rings is 1. The van der Waals surface area contributed by atoms with Gasteiger partial charge in [-0.15, -0.1) is 0 Å². The van der Waals surface area contributed by atoms with Crippen LogP contribution in [0.2, 0.25) is 5.02 Å². The minimum atomic E-state index is -0.337. The fraction of sp³-hybridized carbons (Fsp3) is 0.182. The van der Waals surface area contributed by atoms with Gasteiger partial charge >= 0.3 is 5.97 Å². The average molecular weight is 395 g/mol. The van der Waals surface area contributed by atoms with Crippen molar-refractivity contribution in [2.24, 2.45) is 0 Å². The highest BCUT2D eigenvalue weighted by atomic mass is 35.5. The maximum absolute atomic E-state index is 12.2. The molecule has 0 radical (unpaired) electrons. The minimum absolute atomic E-state index is 0.0836. The second-order valence-electron chi connectivity index (χ2n) is 6.46. The van der Waals surface area contributed by atoms with Crippen LogP contribution in [0.5, 0.6) is 0 Å². The number of esters is 1. The number of fused-ring (bicyclic) bond motifs is 1. The lowest BCUT2D eigenvalue weighted by atomic mass is 10.2. The van der Waals surface area contributed by atoms with Gasteiger partial charge in [0.05, 0.1) is 17.4 Å². The Morgan fingerprint density at radius 1 is 1.14 bits per heavy atom. The number of aryl methyl sites for hydroxylation is 1. The number of hydrogen-bond donors (Lipinski definition) is 0. The lowest BCUT2D eigenvalue weighted by molar-refractivity contribution is -0.144. The van der Waals surface area contributed by atoms with Crippen molar-refractivity contribution in [3.05, 3.63) is 77.3 Å². The van der Waals surface area contributed by atoms with Gasteiger partial charge in [0.1, 0.15) is 24.5 Å². The second-order valence-corrected chi connectivity index (χ2v) is 6.90. The molecule has 0 saturated carbocycles. The predicted octanol–water partition coefficient (Wildman–Crippen LogP) is 5.26. The van der Waals surface area contributed by atoms with Gasteiger partial charge in [-0.3, -0.25) is 4.79 Å². The van der Waals surface area contributed by atoms with Crippen LogP contribution in [0.25, 0.3) is 22.4 Å². The van der Waals surface area contributed by atoms with Crippen LogP contribution < -0.4 is 0 Å². The van der Waals surface area contributed by atoms with Crippen molar-refractivity contribution in [3.8, 4) is 11.3 Å². The maximum Gasteiger partial charge on any atom is 0.313 e. The van der Waals surface area contributed by atoms with Gasteiger partial charge in [-0.1, -0.05) is 17.7 Å². The third kappa shape index (κ3) is 3.94. The fourth-order valence-electron chi connectivity index (χ4n) is 3.05. The quantitative estimate of drug-likeness (QED) is 0.419. The normalized spacial score (nSPS) is 11.1. The highest BCUT2D eigenvalue weighted by Gasteiger charge is 2.11. The zero-order valence-electron chi connectivity index (χ0n) is 15.4. The van der Waals surface area contributed by atoms with Crippen LogP contribution in [0.3, 0.4) is 0 Å². The molecule has 6 heteroatoms. The van der Waals surface area contributed by atoms with E-state index >= 15 is 0 Å². The molecule has 2 aromatic carbocycles. The van der Waals surface area contributed by atoms with Crippen LogP contribution in [0, 0.1) is 0 Å². The SMILES string of the molecule is CCn1cnc2cc(COC(=O)Cc3ccc(-c4ccc(Cl)cc4)o3)ccc21. The molecule has 2 aromatic heterocycles. The molecule has 0 aliphatic carbocycles. The Kier molecular flexibility index (Phi) is 5.17. The number of benzene rings is 2. The first-order valence-electron chi connectivity index (χ1n) is 9.06. The first-order chi connectivity index (χ1) is 13.6. The van der Waals surface area contributed by atoms with E-state index in [4.69, 9.17) is 20.8 Å². The Bertz CT molecular complexity index is 1110. The number of furan rings is 1. The van der Waals surface area contributed by atoms with Gasteiger partial charge < -0.3 is 13.7 Å². The molecule has 0 aliphatic heterocycles. The van der Waals surface area contributed by atoms with Gasteiger partial charge in [-0.05, 0) is 61.0 Å². The lowest BCUT2D eigenvalue weighted by Gasteiger charge is -2.05. The Hall–Kier alpha value is -3.05. The summed E-state index contributed by atoms with van der Waals surface area (Å²) >= 11 is 5.90. The number of aromatic nitrogens is 2. The van der Waals surface area contributed by atoms with E-state index in [1.165, 1.54) is 0 Å². The number of nitrogens with zero attached hydrogens (tertiary/aromatic N) is 2. The Labute approximate surface area is 167 Å². The summed E-state index contributed by atoms with van der Waals surface area (Å²) < 4.78 is 13.2. The third-order valence-electron chi connectivity index (χ3n) is 4.53. The van der Waals surface area contributed by atoms with Crippen molar-refractivity contribution >= 4 is 28.6 Å². The number of carbonyl (C=O) groups excluding carboxylic acids is 1. The summed E-state index contributed by atoms with van der Waals surface area (Å²) in [6.45, 7) is 3.15. The molecule has 0 fully saturated rings. The van der Waals surface area contributed by atoms with E-state index < -0.39 is 0 Å². The van der Waals surface area contributed by atoms with Gasteiger partial charge in [-0.25, -0.2) is 4.98 Å². The van der Waals surface area contributed by atoms with E-state index in [9.17, 15) is 4.79 Å². The van der Waals surface area contributed by atoms with E-state index in [0.29, 0.717) is 16.5 Å². The molecule has 4 rings (SSSR count). The molecular formula is C22H19ClN2O3. The number of carbonyl (C=O) groups is 1. The Balaban J connectivity index is 1.36. The predicted molar refractivity (Wildman–Crippen MR) is 108 cm³/mol. The summed E-state index contributed by atoms with van der Waals surface area (Å²) in [5.74, 6) is 0.916. The molecule has 4 aromatic rings. The summed E-state index contributed by atoms with van der Waals surface area (Å²) in [5.41, 5.74) is 3.78. The molecule has 0 N–H and O–H groups in total. The molecular weight excluding hydrogens is 376 g/mol. The second kappa shape index (κ2) is 7.90. The van der Waals surface area contributed by atoms with Gasteiger partial charge in [0.15, 0.2) is 0 Å². The van der Waals surface area contributed by atoms with Gasteiger partial charge in [0, 0.05) is 17.1 Å². The topological polar surface area (TPSA) is 57.3 Å². The van der Waals surface area contributed by atoms with E-state index in [1.54, 1.807) is 18.2 Å². The van der Waals surface area contributed by atoms with Crippen LogP contribution in [0.15, 0.2) is 65.3 Å². The first kappa shape index (κ1) is 18.3. The Morgan fingerprint density at radius 3 is 2.75 bits per heavy atom. The summed E-state index contributed by atoms with van der Waals surface area (Å²) in [7, 11) is 0. The van der Waals surface area contributed by atoms with Crippen molar-refractivity contribution in [2.45, 2.75) is 26.5 Å². The van der Waals surface area contributed by atoms with Crippen LogP contribution in [0.4, 0.5) is 0 Å². The van der Waals surface area contributed by atoms with Crippen molar-refractivity contribution in [1.29, 1.82) is 0 Å². The summed E-state index contributed by atoms with van der Waals surface area (Å²) in [4.78, 5) is 16.6. The van der Waals surface area contributed by atoms with E-state index in [-0.39, 0.29) is 19.0 Å². The lowest BCUT2D eigenvalue weighted by Crippen LogP contribution is -2.07. The summed E-state index contributed by atoms with van der Waals surface area (Å²) in [6, 6.07) is 16.9. The third-order valence-corrected chi connectivity index (χ3v) is 4.79. The van der Waals surface area contributed by atoms with Crippen LogP contribution >= 0.6 is 11.6 Å². The monoisotopic (exact) mass is 394 g/mol. The van der Waals surface area contributed by atoms with Crippen LogP contribution in [-0.2, 0) is 29.1 Å². The van der Waals surface area contributed by atoms with Gasteiger partial charge in [0.2, 0.25) is 0 Å². The van der Waals surface area contributed by atoms with Crippen molar-refractivity contribution < 1.29 is 13.9 Å². The summed E-state index contributed by atoms with van der Waals surface area (Å²) in [5, 5.41) is 0.666. The van der Waals surface area contributed by atoms with E-state index in [2.05, 4.69) is 16.5 Å². The first-order valence-corrected chi connectivity index (χ1v) is 9.44. The minimum Gasteiger partial charge on any atom is -0.460 e. The molecule has 2 heterocycles. The highest BCUT2D eigenvalue weighted by molar-refractivity contribution is 6.30. The van der Waals surface area contributed by atoms with E-state index in [1.807, 2.05) is 42.7 Å². The zero-order valence-corrected chi connectivity index (χ0v) is 16.1. The number of rotatable bonds is 6. The number of hydrogen-bond acceptors (Lipinski definition) is 4. The highest BCUT2D eigenvalue weighted by Crippen LogP contribution is 2.24. The zero-order chi connectivity index (χ0) is 19.5.